The number of carbonyl (C=O) groups is 1. The lowest BCUT2D eigenvalue weighted by atomic mass is 10.2. The molecule has 5 rings (SSSR count). The Morgan fingerprint density at radius 2 is 1.89 bits per heavy atom. The molecule has 1 saturated carbocycles. The lowest BCUT2D eigenvalue weighted by Gasteiger charge is -2.28. The van der Waals surface area contributed by atoms with Gasteiger partial charge in [0.15, 0.2) is 11.6 Å². The third-order valence-corrected chi connectivity index (χ3v) is 7.90. The maximum absolute atomic E-state index is 13.5. The van der Waals surface area contributed by atoms with Crippen LogP contribution in [0.5, 0.6) is 5.75 Å². The Hall–Kier alpha value is -2.94. The molecule has 0 atom stereocenters. The summed E-state index contributed by atoms with van der Waals surface area (Å²) in [7, 11) is 1.58. The highest BCUT2D eigenvalue weighted by Crippen LogP contribution is 2.32. The molecule has 0 saturated heterocycles. The van der Waals surface area contributed by atoms with E-state index in [0.717, 1.165) is 36.8 Å². The number of halogens is 2. The highest BCUT2D eigenvalue weighted by Gasteiger charge is 2.28. The largest absolute Gasteiger partial charge is 0.495 e. The molecule has 4 aromatic rings. The number of ether oxygens (including phenoxy) is 1. The van der Waals surface area contributed by atoms with Crippen LogP contribution in [-0.4, -0.2) is 50.3 Å². The van der Waals surface area contributed by atoms with Crippen LogP contribution in [0.2, 0.25) is 9.36 Å². The first kappa shape index (κ1) is 24.7. The molecule has 1 fully saturated rings. The van der Waals surface area contributed by atoms with Crippen molar-refractivity contribution < 1.29 is 9.53 Å². The molecule has 0 radical (unpaired) electrons. The van der Waals surface area contributed by atoms with Crippen molar-refractivity contribution in [2.24, 2.45) is 0 Å². The summed E-state index contributed by atoms with van der Waals surface area (Å²) in [6.07, 6.45) is 7.70. The summed E-state index contributed by atoms with van der Waals surface area (Å²) in [5, 5.41) is 5.30. The normalized spacial score (nSPS) is 13.8. The van der Waals surface area contributed by atoms with Crippen LogP contribution in [0.25, 0.3) is 22.8 Å². The van der Waals surface area contributed by atoms with Gasteiger partial charge in [-0.1, -0.05) is 36.0 Å². The molecule has 3 heterocycles. The van der Waals surface area contributed by atoms with Gasteiger partial charge in [0.05, 0.1) is 27.9 Å². The topological polar surface area (TPSA) is 73.1 Å². The minimum Gasteiger partial charge on any atom is -0.495 e. The zero-order chi connectivity index (χ0) is 25.1. The van der Waals surface area contributed by atoms with E-state index in [2.05, 4.69) is 4.98 Å². The molecule has 186 valence electrons. The van der Waals surface area contributed by atoms with E-state index in [4.69, 9.17) is 38.0 Å². The zero-order valence-corrected chi connectivity index (χ0v) is 22.1. The highest BCUT2D eigenvalue weighted by atomic mass is 35.5. The first-order valence-corrected chi connectivity index (χ1v) is 13.4. The second-order valence-corrected chi connectivity index (χ2v) is 10.7. The summed E-state index contributed by atoms with van der Waals surface area (Å²) in [6.45, 7) is 0.994. The Morgan fingerprint density at radius 3 is 2.56 bits per heavy atom. The highest BCUT2D eigenvalue weighted by molar-refractivity contribution is 7.17. The second kappa shape index (κ2) is 11.0. The number of hydrogen-bond acceptors (Lipinski definition) is 6. The molecule has 1 amide bonds. The smallest absolute Gasteiger partial charge is 0.264 e. The Bertz CT molecular complexity index is 1350. The number of methoxy groups -OCH3 is 1. The second-order valence-electron chi connectivity index (χ2n) is 8.61. The van der Waals surface area contributed by atoms with E-state index >= 15 is 0 Å². The number of rotatable bonds is 8. The molecule has 36 heavy (non-hydrogen) atoms. The predicted molar refractivity (Wildman–Crippen MR) is 143 cm³/mol. The molecule has 0 bridgehead atoms. The maximum Gasteiger partial charge on any atom is 0.264 e. The fourth-order valence-corrected chi connectivity index (χ4v) is 5.84. The van der Waals surface area contributed by atoms with Gasteiger partial charge in [-0.25, -0.2) is 9.67 Å². The lowest BCUT2D eigenvalue weighted by Crippen LogP contribution is -2.40. The van der Waals surface area contributed by atoms with Crippen molar-refractivity contribution in [1.29, 1.82) is 0 Å². The minimum absolute atomic E-state index is 0.0160. The molecular formula is C26H25Cl2N5O2S. The molecule has 0 aliphatic heterocycles. The fourth-order valence-electron chi connectivity index (χ4n) is 4.58. The molecule has 1 aromatic carbocycles. The molecule has 10 heteroatoms. The van der Waals surface area contributed by atoms with Crippen LogP contribution in [-0.2, 0) is 6.54 Å². The van der Waals surface area contributed by atoms with Gasteiger partial charge in [-0.3, -0.25) is 9.78 Å². The van der Waals surface area contributed by atoms with Gasteiger partial charge < -0.3 is 9.64 Å². The molecular weight excluding hydrogens is 517 g/mol. The first-order chi connectivity index (χ1) is 17.5. The van der Waals surface area contributed by atoms with Crippen LogP contribution in [0.3, 0.4) is 0 Å². The van der Waals surface area contributed by atoms with Gasteiger partial charge in [-0.2, -0.15) is 5.10 Å². The van der Waals surface area contributed by atoms with Gasteiger partial charge in [0.2, 0.25) is 0 Å². The van der Waals surface area contributed by atoms with Crippen molar-refractivity contribution >= 4 is 40.4 Å². The van der Waals surface area contributed by atoms with Gasteiger partial charge in [0.1, 0.15) is 5.75 Å². The summed E-state index contributed by atoms with van der Waals surface area (Å²) >= 11 is 13.9. The van der Waals surface area contributed by atoms with Gasteiger partial charge in [-0.05, 0) is 55.3 Å². The molecule has 0 N–H and O–H groups in total. The number of hydrogen-bond donors (Lipinski definition) is 0. The SMILES string of the molecule is COc1ccc(-c2nc(-c3ccncc3)nn2CCN(C(=O)c2ccc(Cl)s2)C2CCCC2)cc1Cl. The van der Waals surface area contributed by atoms with Crippen molar-refractivity contribution in [1.82, 2.24) is 24.6 Å². The van der Waals surface area contributed by atoms with Crippen LogP contribution in [0, 0.1) is 0 Å². The van der Waals surface area contributed by atoms with E-state index in [1.54, 1.807) is 31.6 Å². The molecule has 7 nitrogen and oxygen atoms in total. The molecule has 0 unspecified atom stereocenters. The number of thiophene rings is 1. The summed E-state index contributed by atoms with van der Waals surface area (Å²) in [4.78, 5) is 25.0. The van der Waals surface area contributed by atoms with Crippen LogP contribution in [0.15, 0.2) is 54.9 Å². The lowest BCUT2D eigenvalue weighted by molar-refractivity contribution is 0.0677. The summed E-state index contributed by atoms with van der Waals surface area (Å²) in [5.74, 6) is 1.86. The Kier molecular flexibility index (Phi) is 7.55. The Morgan fingerprint density at radius 1 is 1.11 bits per heavy atom. The summed E-state index contributed by atoms with van der Waals surface area (Å²) in [5.41, 5.74) is 1.68. The molecule has 0 spiro atoms. The van der Waals surface area contributed by atoms with E-state index in [1.807, 2.05) is 39.9 Å². The number of nitrogens with zero attached hydrogens (tertiary/aromatic N) is 5. The van der Waals surface area contributed by atoms with Crippen molar-refractivity contribution in [3.8, 4) is 28.5 Å². The number of pyridine rings is 1. The Labute approximate surface area is 223 Å². The van der Waals surface area contributed by atoms with E-state index in [0.29, 0.717) is 44.7 Å². The van der Waals surface area contributed by atoms with Crippen LogP contribution < -0.4 is 4.74 Å². The van der Waals surface area contributed by atoms with E-state index in [9.17, 15) is 4.79 Å². The molecule has 1 aliphatic carbocycles. The number of aromatic nitrogens is 4. The van der Waals surface area contributed by atoms with E-state index in [-0.39, 0.29) is 11.9 Å². The third kappa shape index (κ3) is 5.26. The van der Waals surface area contributed by atoms with E-state index in [1.165, 1.54) is 11.3 Å². The van der Waals surface area contributed by atoms with Gasteiger partial charge >= 0.3 is 0 Å². The van der Waals surface area contributed by atoms with Crippen LogP contribution in [0.4, 0.5) is 0 Å². The van der Waals surface area contributed by atoms with Crippen LogP contribution >= 0.6 is 34.5 Å². The summed E-state index contributed by atoms with van der Waals surface area (Å²) < 4.78 is 7.78. The standard InChI is InChI=1S/C26H25Cl2N5O2S/c1-35-21-7-6-18(16-20(21)27)25-30-24(17-10-12-29-13-11-17)31-33(25)15-14-32(19-4-2-3-5-19)26(34)22-8-9-23(28)36-22/h6-13,16,19H,2-5,14-15H2,1H3. The van der Waals surface area contributed by atoms with Gasteiger partial charge in [0, 0.05) is 36.1 Å². The Balaban J connectivity index is 1.48. The van der Waals surface area contributed by atoms with Crippen molar-refractivity contribution in [3.05, 3.63) is 69.1 Å². The number of amides is 1. The van der Waals surface area contributed by atoms with Crippen molar-refractivity contribution in [2.75, 3.05) is 13.7 Å². The first-order valence-electron chi connectivity index (χ1n) is 11.8. The average molecular weight is 542 g/mol. The maximum atomic E-state index is 13.5. The van der Waals surface area contributed by atoms with E-state index < -0.39 is 0 Å². The minimum atomic E-state index is 0.0160. The average Bonchev–Trinajstić information content (AvgIpc) is 3.66. The zero-order valence-electron chi connectivity index (χ0n) is 19.7. The molecule has 1 aliphatic rings. The fraction of sp³-hybridized carbons (Fsp3) is 0.308. The third-order valence-electron chi connectivity index (χ3n) is 6.38. The predicted octanol–water partition coefficient (Wildman–Crippen LogP) is 6.47. The van der Waals surface area contributed by atoms with Crippen molar-refractivity contribution in [3.63, 3.8) is 0 Å². The van der Waals surface area contributed by atoms with Crippen LogP contribution in [0.1, 0.15) is 35.4 Å². The summed E-state index contributed by atoms with van der Waals surface area (Å²) in [6, 6.07) is 13.1. The quantitative estimate of drug-likeness (QED) is 0.255. The van der Waals surface area contributed by atoms with Crippen molar-refractivity contribution in [2.45, 2.75) is 38.3 Å². The number of carbonyl (C=O) groups excluding carboxylic acids is 1. The number of benzene rings is 1. The molecule has 3 aromatic heterocycles. The van der Waals surface area contributed by atoms with Gasteiger partial charge in [-0.15, -0.1) is 11.3 Å². The monoisotopic (exact) mass is 541 g/mol. The van der Waals surface area contributed by atoms with Gasteiger partial charge in [0.25, 0.3) is 5.91 Å².